The molecule has 0 aliphatic rings. The zero-order valence-electron chi connectivity index (χ0n) is 10.9. The third-order valence-electron chi connectivity index (χ3n) is 3.00. The van der Waals surface area contributed by atoms with Crippen LogP contribution in [-0.4, -0.2) is 4.92 Å². The Morgan fingerprint density at radius 2 is 1.85 bits per heavy atom. The van der Waals surface area contributed by atoms with Gasteiger partial charge < -0.3 is 0 Å². The Kier molecular flexibility index (Phi) is 3.92. The molecule has 20 heavy (non-hydrogen) atoms. The van der Waals surface area contributed by atoms with Gasteiger partial charge >= 0.3 is 0 Å². The Balaban J connectivity index is 2.41. The van der Waals surface area contributed by atoms with Crippen LogP contribution in [0.5, 0.6) is 0 Å². The van der Waals surface area contributed by atoms with E-state index in [2.05, 4.69) is 6.07 Å². The van der Waals surface area contributed by atoms with Crippen LogP contribution in [0.2, 0.25) is 0 Å². The summed E-state index contributed by atoms with van der Waals surface area (Å²) in [5.74, 6) is 0. The Hall–Kier alpha value is -2.93. The number of aryl methyl sites for hydroxylation is 1. The number of hydrogen-bond donors (Lipinski definition) is 0. The van der Waals surface area contributed by atoms with Crippen molar-refractivity contribution in [3.05, 3.63) is 75.3 Å². The third-order valence-corrected chi connectivity index (χ3v) is 3.00. The van der Waals surface area contributed by atoms with Gasteiger partial charge in [-0.15, -0.1) is 0 Å². The van der Waals surface area contributed by atoms with Crippen molar-refractivity contribution < 1.29 is 4.92 Å². The highest BCUT2D eigenvalue weighted by atomic mass is 16.6. The summed E-state index contributed by atoms with van der Waals surface area (Å²) < 4.78 is 0. The summed E-state index contributed by atoms with van der Waals surface area (Å²) in [5.41, 5.74) is 3.20. The van der Waals surface area contributed by atoms with Crippen molar-refractivity contribution in [2.45, 2.75) is 6.92 Å². The molecule has 2 rings (SSSR count). The molecule has 0 fully saturated rings. The van der Waals surface area contributed by atoms with E-state index in [0.717, 1.165) is 11.1 Å². The van der Waals surface area contributed by atoms with Gasteiger partial charge in [0, 0.05) is 12.1 Å². The van der Waals surface area contributed by atoms with E-state index in [1.165, 1.54) is 12.1 Å². The van der Waals surface area contributed by atoms with E-state index in [1.54, 1.807) is 18.2 Å². The van der Waals surface area contributed by atoms with Gasteiger partial charge in [-0.05, 0) is 41.8 Å². The lowest BCUT2D eigenvalue weighted by atomic mass is 10.0. The highest BCUT2D eigenvalue weighted by molar-refractivity contribution is 5.90. The molecule has 4 heteroatoms. The molecule has 0 N–H and O–H groups in total. The van der Waals surface area contributed by atoms with Crippen LogP contribution in [-0.2, 0) is 0 Å². The zero-order valence-corrected chi connectivity index (χ0v) is 10.9. The van der Waals surface area contributed by atoms with E-state index in [4.69, 9.17) is 0 Å². The number of nitriles is 1. The Morgan fingerprint density at radius 1 is 1.20 bits per heavy atom. The summed E-state index contributed by atoms with van der Waals surface area (Å²) in [5, 5.41) is 19.9. The number of rotatable bonds is 3. The molecule has 98 valence electrons. The predicted molar refractivity (Wildman–Crippen MR) is 77.8 cm³/mol. The van der Waals surface area contributed by atoms with Crippen molar-refractivity contribution in [3.63, 3.8) is 0 Å². The minimum Gasteiger partial charge on any atom is -0.258 e. The van der Waals surface area contributed by atoms with Crippen LogP contribution in [0, 0.1) is 28.4 Å². The van der Waals surface area contributed by atoms with Crippen molar-refractivity contribution in [1.29, 1.82) is 5.26 Å². The lowest BCUT2D eigenvalue weighted by molar-refractivity contribution is -0.384. The van der Waals surface area contributed by atoms with E-state index >= 15 is 0 Å². The van der Waals surface area contributed by atoms with Crippen LogP contribution < -0.4 is 0 Å². The van der Waals surface area contributed by atoms with Gasteiger partial charge in [0.2, 0.25) is 0 Å². The Morgan fingerprint density at radius 3 is 2.40 bits per heavy atom. The Labute approximate surface area is 116 Å². The first-order valence-electron chi connectivity index (χ1n) is 6.04. The van der Waals surface area contributed by atoms with Gasteiger partial charge in [-0.25, -0.2) is 0 Å². The lowest BCUT2D eigenvalue weighted by Crippen LogP contribution is -1.89. The maximum Gasteiger partial charge on any atom is 0.269 e. The zero-order chi connectivity index (χ0) is 14.5. The summed E-state index contributed by atoms with van der Waals surface area (Å²) in [4.78, 5) is 10.2. The number of benzene rings is 2. The van der Waals surface area contributed by atoms with Crippen LogP contribution in [0.15, 0.2) is 48.5 Å². The van der Waals surface area contributed by atoms with Gasteiger partial charge in [-0.3, -0.25) is 10.1 Å². The molecule has 4 nitrogen and oxygen atoms in total. The minimum absolute atomic E-state index is 0.0157. The van der Waals surface area contributed by atoms with Gasteiger partial charge in [0.1, 0.15) is 0 Å². The quantitative estimate of drug-likeness (QED) is 0.364. The normalized spacial score (nSPS) is 10.9. The van der Waals surface area contributed by atoms with Crippen molar-refractivity contribution in [2.75, 3.05) is 0 Å². The number of non-ortho nitro benzene ring substituents is 1. The summed E-state index contributed by atoms with van der Waals surface area (Å²) in [6.45, 7) is 1.97. The molecule has 2 aromatic rings. The standard InChI is InChI=1S/C16H12N2O2/c1-12-4-2-3-5-14(12)10-15(11-17)13-6-8-16(9-7-13)18(19)20/h2-10H,1H3/b15-10+. The molecule has 0 aromatic heterocycles. The molecule has 0 bridgehead atoms. The van der Waals surface area contributed by atoms with E-state index in [1.807, 2.05) is 31.2 Å². The Bertz CT molecular complexity index is 710. The van der Waals surface area contributed by atoms with Crippen molar-refractivity contribution in [1.82, 2.24) is 0 Å². The molecule has 0 saturated heterocycles. The maximum absolute atomic E-state index is 10.6. The second-order valence-corrected chi connectivity index (χ2v) is 4.33. The molecule has 0 heterocycles. The van der Waals surface area contributed by atoms with Crippen LogP contribution in [0.3, 0.4) is 0 Å². The summed E-state index contributed by atoms with van der Waals surface area (Å²) in [6.07, 6.45) is 1.79. The maximum atomic E-state index is 10.6. The number of nitro groups is 1. The van der Waals surface area contributed by atoms with Gasteiger partial charge in [-0.2, -0.15) is 5.26 Å². The van der Waals surface area contributed by atoms with E-state index < -0.39 is 4.92 Å². The fraction of sp³-hybridized carbons (Fsp3) is 0.0625. The van der Waals surface area contributed by atoms with Crippen molar-refractivity contribution >= 4 is 17.3 Å². The molecule has 0 aliphatic carbocycles. The smallest absolute Gasteiger partial charge is 0.258 e. The average molecular weight is 264 g/mol. The molecule has 2 aromatic carbocycles. The molecule has 0 atom stereocenters. The first kappa shape index (κ1) is 13.5. The summed E-state index contributed by atoms with van der Waals surface area (Å²) in [7, 11) is 0. The van der Waals surface area contributed by atoms with E-state index in [-0.39, 0.29) is 5.69 Å². The summed E-state index contributed by atoms with van der Waals surface area (Å²) in [6, 6.07) is 15.9. The SMILES string of the molecule is Cc1ccccc1/C=C(\C#N)c1ccc([N+](=O)[O-])cc1. The van der Waals surface area contributed by atoms with Gasteiger partial charge in [0.25, 0.3) is 5.69 Å². The fourth-order valence-electron chi connectivity index (χ4n) is 1.85. The monoisotopic (exact) mass is 264 g/mol. The van der Waals surface area contributed by atoms with Gasteiger partial charge in [0.15, 0.2) is 0 Å². The van der Waals surface area contributed by atoms with Crippen LogP contribution in [0.1, 0.15) is 16.7 Å². The molecule has 0 aliphatic heterocycles. The second kappa shape index (κ2) is 5.81. The third kappa shape index (κ3) is 2.90. The summed E-state index contributed by atoms with van der Waals surface area (Å²) >= 11 is 0. The largest absolute Gasteiger partial charge is 0.269 e. The molecular formula is C16H12N2O2. The van der Waals surface area contributed by atoms with Crippen molar-refractivity contribution in [2.24, 2.45) is 0 Å². The molecule has 0 spiro atoms. The number of nitrogens with zero attached hydrogens (tertiary/aromatic N) is 2. The topological polar surface area (TPSA) is 66.9 Å². The van der Waals surface area contributed by atoms with E-state index in [9.17, 15) is 15.4 Å². The number of nitro benzene ring substituents is 1. The molecule has 0 saturated carbocycles. The molecule has 0 amide bonds. The molecule has 0 radical (unpaired) electrons. The van der Waals surface area contributed by atoms with Gasteiger partial charge in [0.05, 0.1) is 16.6 Å². The second-order valence-electron chi connectivity index (χ2n) is 4.33. The minimum atomic E-state index is -0.457. The van der Waals surface area contributed by atoms with E-state index in [0.29, 0.717) is 11.1 Å². The van der Waals surface area contributed by atoms with Crippen LogP contribution in [0.4, 0.5) is 5.69 Å². The van der Waals surface area contributed by atoms with Crippen molar-refractivity contribution in [3.8, 4) is 6.07 Å². The predicted octanol–water partition coefficient (Wildman–Crippen LogP) is 3.97. The number of hydrogen-bond acceptors (Lipinski definition) is 3. The lowest BCUT2D eigenvalue weighted by Gasteiger charge is -2.02. The fourth-order valence-corrected chi connectivity index (χ4v) is 1.85. The average Bonchev–Trinajstić information content (AvgIpc) is 2.46. The first-order valence-corrected chi connectivity index (χ1v) is 6.04. The van der Waals surface area contributed by atoms with Crippen LogP contribution >= 0.6 is 0 Å². The first-order chi connectivity index (χ1) is 9.61. The molecule has 0 unspecified atom stereocenters. The van der Waals surface area contributed by atoms with Crippen LogP contribution in [0.25, 0.3) is 11.6 Å². The molecular weight excluding hydrogens is 252 g/mol. The highest BCUT2D eigenvalue weighted by Gasteiger charge is 2.07. The van der Waals surface area contributed by atoms with Gasteiger partial charge in [-0.1, -0.05) is 24.3 Å². The highest BCUT2D eigenvalue weighted by Crippen LogP contribution is 2.21. The number of allylic oxidation sites excluding steroid dienone is 1.